The number of carbonyl (C=O) groups is 1. The molecule has 7 heteroatoms. The number of rotatable bonds is 2. The van der Waals surface area contributed by atoms with Crippen molar-refractivity contribution in [3.8, 4) is 11.4 Å². The molecule has 1 atom stereocenters. The van der Waals surface area contributed by atoms with E-state index >= 15 is 0 Å². The third kappa shape index (κ3) is 3.27. The molecule has 0 saturated carbocycles. The third-order valence-corrected chi connectivity index (χ3v) is 6.59. The fourth-order valence-corrected chi connectivity index (χ4v) is 5.08. The van der Waals surface area contributed by atoms with E-state index in [9.17, 15) is 4.79 Å². The Kier molecular flexibility index (Phi) is 4.70. The molecule has 5 rings (SSSR count). The molecule has 4 heterocycles. The minimum absolute atomic E-state index is 0.0554. The van der Waals surface area contributed by atoms with Gasteiger partial charge in [-0.05, 0) is 37.8 Å². The Morgan fingerprint density at radius 3 is 2.79 bits per heavy atom. The van der Waals surface area contributed by atoms with Gasteiger partial charge in [-0.3, -0.25) is 9.78 Å². The summed E-state index contributed by atoms with van der Waals surface area (Å²) in [4.78, 5) is 30.8. The molecule has 152 valence electrons. The molecule has 1 aliphatic carbocycles. The number of hydrogen-bond donors (Lipinski definition) is 0. The van der Waals surface area contributed by atoms with Crippen molar-refractivity contribution in [3.63, 3.8) is 0 Å². The van der Waals surface area contributed by atoms with Crippen LogP contribution in [0, 0.1) is 0 Å². The molecule has 2 saturated heterocycles. The van der Waals surface area contributed by atoms with Crippen LogP contribution >= 0.6 is 0 Å². The molecule has 0 N–H and O–H groups in total. The molecule has 0 bridgehead atoms. The van der Waals surface area contributed by atoms with E-state index in [0.717, 1.165) is 88.0 Å². The second-order valence-electron chi connectivity index (χ2n) is 8.36. The van der Waals surface area contributed by atoms with Gasteiger partial charge in [0.1, 0.15) is 5.82 Å². The monoisotopic (exact) mass is 393 g/mol. The maximum atomic E-state index is 12.1. The molecule has 2 aromatic rings. The fourth-order valence-electron chi connectivity index (χ4n) is 5.08. The van der Waals surface area contributed by atoms with Gasteiger partial charge in [0.15, 0.2) is 5.82 Å². The summed E-state index contributed by atoms with van der Waals surface area (Å²) in [6.45, 7) is 6.44. The lowest BCUT2D eigenvalue weighted by atomic mass is 9.77. The summed E-state index contributed by atoms with van der Waals surface area (Å²) in [5.41, 5.74) is 3.30. The molecular weight excluding hydrogens is 366 g/mol. The van der Waals surface area contributed by atoms with Crippen molar-refractivity contribution in [2.24, 2.45) is 0 Å². The van der Waals surface area contributed by atoms with E-state index in [-0.39, 0.29) is 11.3 Å². The number of ether oxygens (including phenoxy) is 1. The number of aromatic nitrogens is 3. The summed E-state index contributed by atoms with van der Waals surface area (Å²) in [5, 5.41) is 0. The van der Waals surface area contributed by atoms with Gasteiger partial charge in [-0.25, -0.2) is 9.97 Å². The Labute approximate surface area is 171 Å². The van der Waals surface area contributed by atoms with Crippen molar-refractivity contribution in [2.45, 2.75) is 38.0 Å². The van der Waals surface area contributed by atoms with E-state index in [2.05, 4.69) is 9.88 Å². The maximum Gasteiger partial charge on any atom is 0.219 e. The first-order chi connectivity index (χ1) is 14.2. The summed E-state index contributed by atoms with van der Waals surface area (Å²) in [6, 6.07) is 3.94. The average molecular weight is 393 g/mol. The molecule has 7 nitrogen and oxygen atoms in total. The minimum atomic E-state index is -0.0554. The van der Waals surface area contributed by atoms with Crippen LogP contribution in [0.5, 0.6) is 0 Å². The molecule has 0 radical (unpaired) electrons. The highest BCUT2D eigenvalue weighted by Crippen LogP contribution is 2.47. The molecule has 2 fully saturated rings. The van der Waals surface area contributed by atoms with Crippen molar-refractivity contribution in [3.05, 3.63) is 35.8 Å². The number of hydrogen-bond acceptors (Lipinski definition) is 6. The van der Waals surface area contributed by atoms with E-state index in [0.29, 0.717) is 0 Å². The lowest BCUT2D eigenvalue weighted by Crippen LogP contribution is -2.47. The Hall–Kier alpha value is -2.54. The molecular formula is C22H27N5O2. The second-order valence-corrected chi connectivity index (χ2v) is 8.36. The van der Waals surface area contributed by atoms with E-state index < -0.39 is 0 Å². The van der Waals surface area contributed by atoms with E-state index in [4.69, 9.17) is 14.7 Å². The first kappa shape index (κ1) is 18.5. The molecule has 2 aliphatic heterocycles. The van der Waals surface area contributed by atoms with Gasteiger partial charge in [0.2, 0.25) is 5.91 Å². The van der Waals surface area contributed by atoms with Crippen molar-refractivity contribution < 1.29 is 9.53 Å². The zero-order chi connectivity index (χ0) is 19.8. The largest absolute Gasteiger partial charge is 0.378 e. The van der Waals surface area contributed by atoms with Crippen LogP contribution < -0.4 is 4.90 Å². The number of fused-ring (bicyclic) bond motifs is 2. The molecule has 1 amide bonds. The summed E-state index contributed by atoms with van der Waals surface area (Å²) < 4.78 is 5.57. The van der Waals surface area contributed by atoms with Gasteiger partial charge in [-0.15, -0.1) is 0 Å². The Bertz CT molecular complexity index is 913. The number of likely N-dealkylation sites (tertiary alicyclic amines) is 1. The van der Waals surface area contributed by atoms with Gasteiger partial charge in [-0.2, -0.15) is 0 Å². The first-order valence-corrected chi connectivity index (χ1v) is 10.6. The van der Waals surface area contributed by atoms with Crippen LogP contribution in [0.3, 0.4) is 0 Å². The van der Waals surface area contributed by atoms with Crippen molar-refractivity contribution in [2.75, 3.05) is 44.3 Å². The number of carbonyl (C=O) groups excluding carboxylic acids is 1. The molecule has 29 heavy (non-hydrogen) atoms. The quantitative estimate of drug-likeness (QED) is 0.779. The van der Waals surface area contributed by atoms with E-state index in [1.54, 1.807) is 13.1 Å². The predicted octanol–water partition coefficient (Wildman–Crippen LogP) is 2.20. The number of piperidine rings is 1. The Balaban J connectivity index is 1.63. The Morgan fingerprint density at radius 1 is 1.17 bits per heavy atom. The molecule has 3 aliphatic rings. The highest BCUT2D eigenvalue weighted by Gasteiger charge is 2.46. The maximum absolute atomic E-state index is 12.1. The van der Waals surface area contributed by atoms with Crippen molar-refractivity contribution in [1.29, 1.82) is 0 Å². The van der Waals surface area contributed by atoms with E-state index in [1.807, 2.05) is 23.2 Å². The van der Waals surface area contributed by atoms with Crippen LogP contribution in [-0.4, -0.2) is 65.2 Å². The smallest absolute Gasteiger partial charge is 0.219 e. The van der Waals surface area contributed by atoms with Crippen molar-refractivity contribution >= 4 is 11.7 Å². The Morgan fingerprint density at radius 2 is 2.03 bits per heavy atom. The van der Waals surface area contributed by atoms with Gasteiger partial charge < -0.3 is 14.5 Å². The molecule has 1 unspecified atom stereocenters. The van der Waals surface area contributed by atoms with Gasteiger partial charge in [0.25, 0.3) is 0 Å². The average Bonchev–Trinajstić information content (AvgIpc) is 3.12. The van der Waals surface area contributed by atoms with Crippen molar-refractivity contribution in [1.82, 2.24) is 19.9 Å². The fraction of sp³-hybridized carbons (Fsp3) is 0.545. The summed E-state index contributed by atoms with van der Waals surface area (Å²) in [5.74, 6) is 1.95. The van der Waals surface area contributed by atoms with Crippen LogP contribution in [0.1, 0.15) is 37.4 Å². The highest BCUT2D eigenvalue weighted by atomic mass is 16.5. The number of amides is 1. The van der Waals surface area contributed by atoms with Gasteiger partial charge in [0.05, 0.1) is 18.9 Å². The molecule has 2 aromatic heterocycles. The zero-order valence-electron chi connectivity index (χ0n) is 16.9. The zero-order valence-corrected chi connectivity index (χ0v) is 16.9. The number of nitrogens with zero attached hydrogens (tertiary/aromatic N) is 5. The van der Waals surface area contributed by atoms with Gasteiger partial charge in [0, 0.05) is 62.0 Å². The lowest BCUT2D eigenvalue weighted by molar-refractivity contribution is -0.131. The standard InChI is InChI=1S/C22H27N5O2/c1-16(28)27-9-3-6-22(15-27)7-5-18-19(22)24-20(17-4-2-8-23-14-17)25-21(18)26-10-12-29-13-11-26/h2,4,8,14H,3,5-7,9-13,15H2,1H3. The third-order valence-electron chi connectivity index (χ3n) is 6.59. The van der Waals surface area contributed by atoms with Gasteiger partial charge >= 0.3 is 0 Å². The van der Waals surface area contributed by atoms with E-state index in [1.165, 1.54) is 5.56 Å². The number of pyridine rings is 1. The minimum Gasteiger partial charge on any atom is -0.378 e. The normalized spacial score (nSPS) is 24.0. The van der Waals surface area contributed by atoms with Crippen LogP contribution in [-0.2, 0) is 21.4 Å². The topological polar surface area (TPSA) is 71.5 Å². The summed E-state index contributed by atoms with van der Waals surface area (Å²) in [6.07, 6.45) is 7.71. The van der Waals surface area contributed by atoms with Crippen LogP contribution in [0.15, 0.2) is 24.5 Å². The molecule has 0 aromatic carbocycles. The highest BCUT2D eigenvalue weighted by molar-refractivity contribution is 5.73. The van der Waals surface area contributed by atoms with Crippen LogP contribution in [0.25, 0.3) is 11.4 Å². The van der Waals surface area contributed by atoms with Crippen LogP contribution in [0.2, 0.25) is 0 Å². The summed E-state index contributed by atoms with van der Waals surface area (Å²) >= 11 is 0. The number of morpholine rings is 1. The number of anilines is 1. The summed E-state index contributed by atoms with van der Waals surface area (Å²) in [7, 11) is 0. The SMILES string of the molecule is CC(=O)N1CCCC2(CCc3c(N4CCOCC4)nc(-c4cccnc4)nc32)C1. The molecule has 1 spiro atoms. The van der Waals surface area contributed by atoms with Gasteiger partial charge in [-0.1, -0.05) is 0 Å². The predicted molar refractivity (Wildman–Crippen MR) is 110 cm³/mol. The van der Waals surface area contributed by atoms with Crippen LogP contribution in [0.4, 0.5) is 5.82 Å². The second kappa shape index (κ2) is 7.37. The lowest BCUT2D eigenvalue weighted by Gasteiger charge is -2.40. The first-order valence-electron chi connectivity index (χ1n) is 10.6.